The molecule has 1 aromatic rings. The monoisotopic (exact) mass is 324 g/mol. The van der Waals surface area contributed by atoms with Crippen LogP contribution in [-0.2, 0) is 14.6 Å². The molecule has 0 saturated heterocycles. The Bertz CT molecular complexity index is 590. The third kappa shape index (κ3) is 4.73. The molecule has 114 valence electrons. The molecule has 1 unspecified atom stereocenters. The summed E-state index contributed by atoms with van der Waals surface area (Å²) in [5.74, 6) is -1.19. The topological polar surface area (TPSA) is 89.3 Å². The summed E-state index contributed by atoms with van der Waals surface area (Å²) in [5, 5.41) is 2.60. The van der Waals surface area contributed by atoms with Crippen molar-refractivity contribution in [3.05, 3.63) is 29.6 Å². The van der Waals surface area contributed by atoms with Crippen LogP contribution in [0.5, 0.6) is 0 Å². The van der Waals surface area contributed by atoms with E-state index in [-0.39, 0.29) is 23.2 Å². The van der Waals surface area contributed by atoms with Crippen molar-refractivity contribution in [1.82, 2.24) is 5.32 Å². The van der Waals surface area contributed by atoms with Gasteiger partial charge in [0.25, 0.3) is 0 Å². The van der Waals surface area contributed by atoms with Gasteiger partial charge in [-0.15, -0.1) is 12.4 Å². The summed E-state index contributed by atoms with van der Waals surface area (Å²) in [4.78, 5) is 11.1. The summed E-state index contributed by atoms with van der Waals surface area (Å²) >= 11 is 0. The number of sulfone groups is 1. The van der Waals surface area contributed by atoms with Crippen molar-refractivity contribution in [3.63, 3.8) is 0 Å². The molecule has 2 atom stereocenters. The first-order valence-electron chi connectivity index (χ1n) is 5.68. The summed E-state index contributed by atoms with van der Waals surface area (Å²) in [5.41, 5.74) is 5.88. The van der Waals surface area contributed by atoms with Gasteiger partial charge < -0.3 is 11.1 Å². The van der Waals surface area contributed by atoms with Crippen molar-refractivity contribution in [3.8, 4) is 0 Å². The van der Waals surface area contributed by atoms with E-state index in [2.05, 4.69) is 5.32 Å². The van der Waals surface area contributed by atoms with E-state index in [1.165, 1.54) is 19.1 Å². The Morgan fingerprint density at radius 3 is 2.30 bits per heavy atom. The molecule has 8 heteroatoms. The van der Waals surface area contributed by atoms with Crippen molar-refractivity contribution < 1.29 is 17.6 Å². The van der Waals surface area contributed by atoms with Gasteiger partial charge >= 0.3 is 0 Å². The second kappa shape index (κ2) is 7.01. The fraction of sp³-hybridized carbons (Fsp3) is 0.417. The molecule has 0 aliphatic rings. The maximum absolute atomic E-state index is 13.7. The number of carbonyl (C=O) groups is 1. The second-order valence-corrected chi connectivity index (χ2v) is 6.47. The molecule has 1 aromatic carbocycles. The molecule has 0 fully saturated rings. The lowest BCUT2D eigenvalue weighted by atomic mass is 10.1. The van der Waals surface area contributed by atoms with E-state index < -0.39 is 27.7 Å². The van der Waals surface area contributed by atoms with E-state index in [1.807, 2.05) is 0 Å². The van der Waals surface area contributed by atoms with Crippen LogP contribution >= 0.6 is 12.4 Å². The van der Waals surface area contributed by atoms with Crippen LogP contribution in [0.25, 0.3) is 0 Å². The minimum atomic E-state index is -3.59. The van der Waals surface area contributed by atoms with Gasteiger partial charge in [-0.25, -0.2) is 12.8 Å². The van der Waals surface area contributed by atoms with Gasteiger partial charge in [-0.05, 0) is 31.5 Å². The quantitative estimate of drug-likeness (QED) is 0.870. The molecule has 0 aromatic heterocycles. The molecule has 1 rings (SSSR count). The molecule has 0 bridgehead atoms. The normalized spacial score (nSPS) is 14.1. The highest BCUT2D eigenvalue weighted by Gasteiger charge is 2.17. The first-order chi connectivity index (χ1) is 8.62. The smallest absolute Gasteiger partial charge is 0.237 e. The van der Waals surface area contributed by atoms with Gasteiger partial charge in [0, 0.05) is 6.26 Å². The predicted molar refractivity (Wildman–Crippen MR) is 77.0 cm³/mol. The van der Waals surface area contributed by atoms with Crippen LogP contribution in [0.2, 0.25) is 0 Å². The molecule has 0 heterocycles. The van der Waals surface area contributed by atoms with Crippen molar-refractivity contribution >= 4 is 28.2 Å². The minimum Gasteiger partial charge on any atom is -0.348 e. The Morgan fingerprint density at radius 2 is 1.90 bits per heavy atom. The Morgan fingerprint density at radius 1 is 1.35 bits per heavy atom. The highest BCUT2D eigenvalue weighted by atomic mass is 35.5. The fourth-order valence-corrected chi connectivity index (χ4v) is 2.24. The average molecular weight is 325 g/mol. The van der Waals surface area contributed by atoms with Crippen LogP contribution in [0, 0.1) is 5.82 Å². The summed E-state index contributed by atoms with van der Waals surface area (Å²) in [6.07, 6.45) is 0.937. The van der Waals surface area contributed by atoms with Crippen molar-refractivity contribution in [2.75, 3.05) is 6.26 Å². The number of nitrogens with two attached hydrogens (primary N) is 1. The van der Waals surface area contributed by atoms with Gasteiger partial charge in [0.05, 0.1) is 12.1 Å². The third-order valence-electron chi connectivity index (χ3n) is 2.63. The molecular formula is C12H18ClFN2O3S. The molecule has 0 radical (unpaired) electrons. The summed E-state index contributed by atoms with van der Waals surface area (Å²) in [6, 6.07) is 2.63. The number of rotatable bonds is 4. The molecule has 5 nitrogen and oxygen atoms in total. The highest BCUT2D eigenvalue weighted by Crippen LogP contribution is 2.20. The zero-order valence-electron chi connectivity index (χ0n) is 11.4. The largest absolute Gasteiger partial charge is 0.348 e. The third-order valence-corrected chi connectivity index (χ3v) is 3.76. The van der Waals surface area contributed by atoms with Crippen LogP contribution in [-0.4, -0.2) is 26.6 Å². The number of benzene rings is 1. The van der Waals surface area contributed by atoms with E-state index >= 15 is 0 Å². The van der Waals surface area contributed by atoms with Crippen LogP contribution in [0.3, 0.4) is 0 Å². The van der Waals surface area contributed by atoms with Crippen LogP contribution in [0.1, 0.15) is 25.5 Å². The first kappa shape index (κ1) is 18.8. The van der Waals surface area contributed by atoms with Crippen molar-refractivity contribution in [2.45, 2.75) is 30.8 Å². The van der Waals surface area contributed by atoms with Gasteiger partial charge in [-0.2, -0.15) is 0 Å². The van der Waals surface area contributed by atoms with Crippen LogP contribution in [0.4, 0.5) is 4.39 Å². The lowest BCUT2D eigenvalue weighted by Crippen LogP contribution is -2.39. The number of hydrogen-bond acceptors (Lipinski definition) is 4. The molecule has 0 saturated carbocycles. The number of halogens is 2. The van der Waals surface area contributed by atoms with E-state index in [9.17, 15) is 17.6 Å². The van der Waals surface area contributed by atoms with Gasteiger partial charge in [0.2, 0.25) is 5.91 Å². The zero-order valence-corrected chi connectivity index (χ0v) is 13.0. The Balaban J connectivity index is 0.00000361. The molecule has 0 spiro atoms. The average Bonchev–Trinajstić information content (AvgIpc) is 2.26. The molecular weight excluding hydrogens is 307 g/mol. The van der Waals surface area contributed by atoms with Crippen molar-refractivity contribution in [1.29, 1.82) is 0 Å². The van der Waals surface area contributed by atoms with E-state index in [1.54, 1.807) is 6.92 Å². The maximum atomic E-state index is 13.7. The Kier molecular flexibility index (Phi) is 6.60. The molecule has 3 N–H and O–H groups in total. The number of hydrogen-bond donors (Lipinski definition) is 2. The molecule has 0 aliphatic heterocycles. The number of carbonyl (C=O) groups excluding carboxylic acids is 1. The second-order valence-electron chi connectivity index (χ2n) is 4.48. The summed E-state index contributed by atoms with van der Waals surface area (Å²) < 4.78 is 36.2. The fourth-order valence-electron chi connectivity index (χ4n) is 1.52. The lowest BCUT2D eigenvalue weighted by molar-refractivity contribution is -0.122. The van der Waals surface area contributed by atoms with Crippen LogP contribution < -0.4 is 11.1 Å². The molecule has 1 amide bonds. The Hall–Kier alpha value is -1.18. The van der Waals surface area contributed by atoms with E-state index in [0.717, 1.165) is 12.3 Å². The first-order valence-corrected chi connectivity index (χ1v) is 7.57. The van der Waals surface area contributed by atoms with Crippen LogP contribution in [0.15, 0.2) is 23.1 Å². The summed E-state index contributed by atoms with van der Waals surface area (Å²) in [6.45, 7) is 3.20. The minimum absolute atomic E-state index is 0. The SMILES string of the molecule is CC(NC(=O)[C@H](C)N)c1ccc(S(C)(=O)=O)c(F)c1.Cl. The predicted octanol–water partition coefficient (Wildman–Crippen LogP) is 1.18. The number of amides is 1. The zero-order chi connectivity index (χ0) is 14.8. The molecule has 20 heavy (non-hydrogen) atoms. The highest BCUT2D eigenvalue weighted by molar-refractivity contribution is 7.90. The number of nitrogens with one attached hydrogen (secondary N) is 1. The van der Waals surface area contributed by atoms with E-state index in [0.29, 0.717) is 5.56 Å². The maximum Gasteiger partial charge on any atom is 0.237 e. The summed E-state index contributed by atoms with van der Waals surface area (Å²) in [7, 11) is -3.59. The van der Waals surface area contributed by atoms with Crippen molar-refractivity contribution in [2.24, 2.45) is 5.73 Å². The van der Waals surface area contributed by atoms with Gasteiger partial charge in [-0.3, -0.25) is 4.79 Å². The standard InChI is InChI=1S/C12H17FN2O3S.ClH/c1-7(14)12(16)15-8(2)9-4-5-11(10(13)6-9)19(3,17)18;/h4-8H,14H2,1-3H3,(H,15,16);1H/t7-,8?;/m0./s1. The van der Waals surface area contributed by atoms with Gasteiger partial charge in [-0.1, -0.05) is 6.07 Å². The molecule has 0 aliphatic carbocycles. The van der Waals surface area contributed by atoms with Gasteiger partial charge in [0.1, 0.15) is 10.7 Å². The lowest BCUT2D eigenvalue weighted by Gasteiger charge is -2.16. The van der Waals surface area contributed by atoms with Gasteiger partial charge in [0.15, 0.2) is 9.84 Å². The Labute approximate surface area is 124 Å². The van der Waals surface area contributed by atoms with E-state index in [4.69, 9.17) is 5.73 Å².